The van der Waals surface area contributed by atoms with Gasteiger partial charge in [-0.2, -0.15) is 0 Å². The Hall–Kier alpha value is -0.410. The molecule has 7 heteroatoms. The molecule has 2 N–H and O–H groups in total. The smallest absolute Gasteiger partial charge is 0.191 e. The summed E-state index contributed by atoms with van der Waals surface area (Å²) < 4.78 is 20.4. The molecule has 2 aliphatic rings. The first kappa shape index (κ1) is 18.9. The molecule has 2 fully saturated rings. The lowest BCUT2D eigenvalue weighted by molar-refractivity contribution is 0.0992. The number of hydrogen-bond donors (Lipinski definition) is 2. The minimum Gasteiger partial charge on any atom is -0.373 e. The second-order valence-corrected chi connectivity index (χ2v) is 6.76. The first-order valence-electron chi connectivity index (χ1n) is 7.72. The molecule has 0 aliphatic carbocycles. The average Bonchev–Trinajstić information content (AvgIpc) is 3.12. The van der Waals surface area contributed by atoms with Crippen LogP contribution in [0.3, 0.4) is 0 Å². The fraction of sp³-hybridized carbons (Fsp3) is 0.562. The maximum absolute atomic E-state index is 13.7. The van der Waals surface area contributed by atoms with Crippen molar-refractivity contribution in [3.8, 4) is 0 Å². The van der Waals surface area contributed by atoms with Crippen LogP contribution in [0.15, 0.2) is 27.7 Å². The first-order valence-corrected chi connectivity index (χ1v) is 8.51. The van der Waals surface area contributed by atoms with Gasteiger partial charge in [0.25, 0.3) is 0 Å². The van der Waals surface area contributed by atoms with Gasteiger partial charge in [-0.15, -0.1) is 24.0 Å². The summed E-state index contributed by atoms with van der Waals surface area (Å²) in [6.45, 7) is 0.634. The van der Waals surface area contributed by atoms with E-state index in [-0.39, 0.29) is 29.8 Å². The zero-order valence-corrected chi connectivity index (χ0v) is 16.9. The van der Waals surface area contributed by atoms with Gasteiger partial charge in [0.1, 0.15) is 5.82 Å². The summed E-state index contributed by atoms with van der Waals surface area (Å²) in [5.74, 6) is 0.589. The molecule has 3 rings (SSSR count). The number of hydrogen-bond acceptors (Lipinski definition) is 2. The lowest BCUT2D eigenvalue weighted by atomic mass is 9.96. The van der Waals surface area contributed by atoms with Crippen molar-refractivity contribution in [2.75, 3.05) is 13.6 Å². The Labute approximate surface area is 161 Å². The number of aliphatic imine (C=N–C) groups is 1. The highest BCUT2D eigenvalue weighted by Crippen LogP contribution is 2.34. The van der Waals surface area contributed by atoms with Crippen LogP contribution in [0, 0.1) is 5.82 Å². The van der Waals surface area contributed by atoms with E-state index in [2.05, 4.69) is 31.6 Å². The standard InChI is InChI=1S/C16H21BrFN3O.HI/c1-19-16(21-14-9-12-3-5-15(14)22-12)20-7-6-10-8-11(17)2-4-13(10)18;/h2,4,8,12,14-15H,3,5-7,9H2,1H3,(H2,19,20,21);1H. The van der Waals surface area contributed by atoms with Crippen molar-refractivity contribution < 1.29 is 9.13 Å². The van der Waals surface area contributed by atoms with Gasteiger partial charge in [0, 0.05) is 18.1 Å². The van der Waals surface area contributed by atoms with Gasteiger partial charge in [0.15, 0.2) is 5.96 Å². The first-order chi connectivity index (χ1) is 10.7. The molecule has 2 heterocycles. The fourth-order valence-corrected chi connectivity index (χ4v) is 3.62. The number of fused-ring (bicyclic) bond motifs is 2. The van der Waals surface area contributed by atoms with E-state index in [0.29, 0.717) is 36.8 Å². The van der Waals surface area contributed by atoms with Crippen molar-refractivity contribution in [2.45, 2.75) is 43.9 Å². The number of rotatable bonds is 4. The Kier molecular flexibility index (Phi) is 7.09. The topological polar surface area (TPSA) is 45.7 Å². The van der Waals surface area contributed by atoms with Gasteiger partial charge in [-0.25, -0.2) is 4.39 Å². The molecule has 2 saturated heterocycles. The molecular weight excluding hydrogens is 476 g/mol. The van der Waals surface area contributed by atoms with Gasteiger partial charge in [0.2, 0.25) is 0 Å². The molecule has 0 saturated carbocycles. The predicted octanol–water partition coefficient (Wildman–Crippen LogP) is 3.23. The van der Waals surface area contributed by atoms with Crippen molar-refractivity contribution in [3.63, 3.8) is 0 Å². The molecule has 0 amide bonds. The lowest BCUT2D eigenvalue weighted by Gasteiger charge is -2.22. The summed E-state index contributed by atoms with van der Waals surface area (Å²) in [5, 5.41) is 6.67. The molecule has 2 bridgehead atoms. The summed E-state index contributed by atoms with van der Waals surface area (Å²) in [6.07, 6.45) is 4.69. The van der Waals surface area contributed by atoms with Gasteiger partial charge in [-0.05, 0) is 49.4 Å². The van der Waals surface area contributed by atoms with Crippen molar-refractivity contribution >= 4 is 45.9 Å². The molecule has 1 aromatic carbocycles. The third-order valence-electron chi connectivity index (χ3n) is 4.35. The SMILES string of the molecule is CN=C(NCCc1cc(Br)ccc1F)NC1CC2CCC1O2.I. The third kappa shape index (κ3) is 4.79. The Morgan fingerprint density at radius 3 is 2.91 bits per heavy atom. The molecule has 23 heavy (non-hydrogen) atoms. The van der Waals surface area contributed by atoms with Crippen molar-refractivity contribution in [1.29, 1.82) is 0 Å². The second kappa shape index (κ2) is 8.62. The third-order valence-corrected chi connectivity index (χ3v) is 4.84. The summed E-state index contributed by atoms with van der Waals surface area (Å²) in [5.41, 5.74) is 0.695. The highest BCUT2D eigenvalue weighted by molar-refractivity contribution is 14.0. The molecule has 1 aromatic rings. The Morgan fingerprint density at radius 2 is 2.26 bits per heavy atom. The zero-order valence-electron chi connectivity index (χ0n) is 13.0. The normalized spacial score (nSPS) is 26.0. The Bertz CT molecular complexity index is 572. The largest absolute Gasteiger partial charge is 0.373 e. The molecule has 3 unspecified atom stereocenters. The van der Waals surface area contributed by atoms with E-state index in [9.17, 15) is 4.39 Å². The van der Waals surface area contributed by atoms with E-state index < -0.39 is 0 Å². The van der Waals surface area contributed by atoms with Crippen LogP contribution in [0.25, 0.3) is 0 Å². The van der Waals surface area contributed by atoms with Crippen LogP contribution < -0.4 is 10.6 Å². The zero-order chi connectivity index (χ0) is 15.5. The van der Waals surface area contributed by atoms with Crippen LogP contribution in [-0.2, 0) is 11.2 Å². The highest BCUT2D eigenvalue weighted by Gasteiger charge is 2.41. The van der Waals surface area contributed by atoms with Crippen molar-refractivity contribution in [1.82, 2.24) is 10.6 Å². The van der Waals surface area contributed by atoms with E-state index in [0.717, 1.165) is 23.3 Å². The number of nitrogens with one attached hydrogen (secondary N) is 2. The molecular formula is C16H22BrFIN3O. The number of halogens is 3. The van der Waals surface area contributed by atoms with Gasteiger partial charge < -0.3 is 15.4 Å². The molecule has 0 radical (unpaired) electrons. The summed E-state index contributed by atoms with van der Waals surface area (Å²) in [6, 6.07) is 5.35. The van der Waals surface area contributed by atoms with Crippen LogP contribution in [-0.4, -0.2) is 37.8 Å². The number of benzene rings is 1. The second-order valence-electron chi connectivity index (χ2n) is 5.85. The molecule has 4 nitrogen and oxygen atoms in total. The summed E-state index contributed by atoms with van der Waals surface area (Å²) in [7, 11) is 1.75. The van der Waals surface area contributed by atoms with Crippen LogP contribution >= 0.6 is 39.9 Å². The predicted molar refractivity (Wildman–Crippen MR) is 104 cm³/mol. The van der Waals surface area contributed by atoms with E-state index in [1.807, 2.05) is 6.07 Å². The molecule has 2 aliphatic heterocycles. The lowest BCUT2D eigenvalue weighted by Crippen LogP contribution is -2.47. The van der Waals surface area contributed by atoms with E-state index >= 15 is 0 Å². The summed E-state index contributed by atoms with van der Waals surface area (Å²) >= 11 is 3.37. The summed E-state index contributed by atoms with van der Waals surface area (Å²) in [4.78, 5) is 4.24. The Morgan fingerprint density at radius 1 is 1.43 bits per heavy atom. The average molecular weight is 498 g/mol. The van der Waals surface area contributed by atoms with E-state index in [1.54, 1.807) is 13.1 Å². The Balaban J connectivity index is 0.00000192. The number of ether oxygens (including phenoxy) is 1. The van der Waals surface area contributed by atoms with E-state index in [1.165, 1.54) is 12.5 Å². The fourth-order valence-electron chi connectivity index (χ4n) is 3.21. The minimum absolute atomic E-state index is 0. The van der Waals surface area contributed by atoms with Crippen LogP contribution in [0.2, 0.25) is 0 Å². The molecule has 0 spiro atoms. The monoisotopic (exact) mass is 497 g/mol. The van der Waals surface area contributed by atoms with Gasteiger partial charge >= 0.3 is 0 Å². The van der Waals surface area contributed by atoms with Gasteiger partial charge in [-0.1, -0.05) is 15.9 Å². The van der Waals surface area contributed by atoms with Crippen LogP contribution in [0.4, 0.5) is 4.39 Å². The number of guanidine groups is 1. The van der Waals surface area contributed by atoms with Crippen LogP contribution in [0.1, 0.15) is 24.8 Å². The van der Waals surface area contributed by atoms with Crippen LogP contribution in [0.5, 0.6) is 0 Å². The molecule has 3 atom stereocenters. The maximum Gasteiger partial charge on any atom is 0.191 e. The number of nitrogens with zero attached hydrogens (tertiary/aromatic N) is 1. The highest BCUT2D eigenvalue weighted by atomic mass is 127. The van der Waals surface area contributed by atoms with Gasteiger partial charge in [-0.3, -0.25) is 4.99 Å². The van der Waals surface area contributed by atoms with Crippen molar-refractivity contribution in [3.05, 3.63) is 34.1 Å². The van der Waals surface area contributed by atoms with Gasteiger partial charge in [0.05, 0.1) is 18.2 Å². The molecule has 0 aromatic heterocycles. The quantitative estimate of drug-likeness (QED) is 0.381. The van der Waals surface area contributed by atoms with Crippen molar-refractivity contribution in [2.24, 2.45) is 4.99 Å². The maximum atomic E-state index is 13.7. The minimum atomic E-state index is -0.172. The molecule has 128 valence electrons. The van der Waals surface area contributed by atoms with E-state index in [4.69, 9.17) is 4.74 Å².